The van der Waals surface area contributed by atoms with E-state index in [1.54, 1.807) is 26.4 Å². The molecule has 96 valence electrons. The molecule has 0 aliphatic carbocycles. The summed E-state index contributed by atoms with van der Waals surface area (Å²) in [6, 6.07) is 4.82. The first-order chi connectivity index (χ1) is 8.17. The van der Waals surface area contributed by atoms with E-state index >= 15 is 0 Å². The largest absolute Gasteiger partial charge is 0.382 e. The number of hydrogen-bond acceptors (Lipinski definition) is 3. The number of ether oxygens (including phenoxy) is 2. The molecule has 0 saturated heterocycles. The second kappa shape index (κ2) is 7.37. The van der Waals surface area contributed by atoms with Gasteiger partial charge in [0.05, 0.1) is 12.7 Å². The van der Waals surface area contributed by atoms with Gasteiger partial charge in [0.2, 0.25) is 0 Å². The first-order valence-corrected chi connectivity index (χ1v) is 5.65. The third-order valence-electron chi connectivity index (χ3n) is 2.68. The Morgan fingerprint density at radius 2 is 2.12 bits per heavy atom. The fourth-order valence-electron chi connectivity index (χ4n) is 1.62. The second-order valence-electron chi connectivity index (χ2n) is 4.01. The van der Waals surface area contributed by atoms with Gasteiger partial charge in [-0.2, -0.15) is 0 Å². The van der Waals surface area contributed by atoms with E-state index in [9.17, 15) is 4.39 Å². The van der Waals surface area contributed by atoms with Crippen molar-refractivity contribution >= 4 is 0 Å². The number of rotatable bonds is 7. The van der Waals surface area contributed by atoms with Gasteiger partial charge in [0.1, 0.15) is 5.82 Å². The molecule has 1 atom stereocenters. The van der Waals surface area contributed by atoms with E-state index in [0.29, 0.717) is 19.7 Å². The Labute approximate surface area is 102 Å². The number of nitrogens with one attached hydrogen (secondary N) is 1. The molecule has 0 aliphatic heterocycles. The molecule has 1 rings (SSSR count). The van der Waals surface area contributed by atoms with Crippen LogP contribution in [0.2, 0.25) is 0 Å². The lowest BCUT2D eigenvalue weighted by Gasteiger charge is -2.15. The van der Waals surface area contributed by atoms with E-state index in [0.717, 1.165) is 11.1 Å². The number of benzene rings is 1. The van der Waals surface area contributed by atoms with E-state index in [2.05, 4.69) is 5.32 Å². The predicted molar refractivity (Wildman–Crippen MR) is 65.5 cm³/mol. The van der Waals surface area contributed by atoms with Gasteiger partial charge in [-0.1, -0.05) is 6.07 Å². The summed E-state index contributed by atoms with van der Waals surface area (Å²) in [5.74, 6) is -0.194. The van der Waals surface area contributed by atoms with Crippen molar-refractivity contribution < 1.29 is 13.9 Å². The SMILES string of the molecule is COCC(CNCc1ccc(F)cc1C)OC. The molecule has 4 heteroatoms. The highest BCUT2D eigenvalue weighted by molar-refractivity contribution is 5.26. The van der Waals surface area contributed by atoms with Gasteiger partial charge in [-0.25, -0.2) is 4.39 Å². The van der Waals surface area contributed by atoms with Crippen LogP contribution in [-0.4, -0.2) is 33.5 Å². The molecule has 0 saturated carbocycles. The molecule has 0 amide bonds. The summed E-state index contributed by atoms with van der Waals surface area (Å²) >= 11 is 0. The van der Waals surface area contributed by atoms with Crippen molar-refractivity contribution in [1.82, 2.24) is 5.32 Å². The van der Waals surface area contributed by atoms with E-state index in [1.807, 2.05) is 6.92 Å². The molecule has 0 heterocycles. The minimum atomic E-state index is -0.194. The summed E-state index contributed by atoms with van der Waals surface area (Å²) in [6.07, 6.45) is 0.0424. The Morgan fingerprint density at radius 1 is 1.35 bits per heavy atom. The van der Waals surface area contributed by atoms with Crippen molar-refractivity contribution in [2.45, 2.75) is 19.6 Å². The Balaban J connectivity index is 2.39. The zero-order chi connectivity index (χ0) is 12.7. The molecule has 17 heavy (non-hydrogen) atoms. The summed E-state index contributed by atoms with van der Waals surface area (Å²) in [7, 11) is 3.31. The normalized spacial score (nSPS) is 12.7. The highest BCUT2D eigenvalue weighted by atomic mass is 19.1. The van der Waals surface area contributed by atoms with E-state index in [-0.39, 0.29) is 11.9 Å². The van der Waals surface area contributed by atoms with Gasteiger partial charge >= 0.3 is 0 Å². The Bertz CT molecular complexity index is 344. The molecule has 1 aromatic carbocycles. The lowest BCUT2D eigenvalue weighted by atomic mass is 10.1. The Morgan fingerprint density at radius 3 is 2.71 bits per heavy atom. The molecule has 1 N–H and O–H groups in total. The Kier molecular flexibility index (Phi) is 6.11. The van der Waals surface area contributed by atoms with Crippen molar-refractivity contribution in [2.24, 2.45) is 0 Å². The van der Waals surface area contributed by atoms with Crippen LogP contribution >= 0.6 is 0 Å². The minimum absolute atomic E-state index is 0.0424. The molecular formula is C13H20FNO2. The van der Waals surface area contributed by atoms with Gasteiger partial charge in [-0.05, 0) is 30.2 Å². The molecule has 0 spiro atoms. The molecule has 0 radical (unpaired) electrons. The van der Waals surface area contributed by atoms with Crippen LogP contribution in [-0.2, 0) is 16.0 Å². The third-order valence-corrected chi connectivity index (χ3v) is 2.68. The van der Waals surface area contributed by atoms with Crippen molar-refractivity contribution in [3.8, 4) is 0 Å². The van der Waals surface area contributed by atoms with Crippen LogP contribution in [0.1, 0.15) is 11.1 Å². The summed E-state index contributed by atoms with van der Waals surface area (Å²) < 4.78 is 23.1. The fraction of sp³-hybridized carbons (Fsp3) is 0.538. The van der Waals surface area contributed by atoms with Crippen LogP contribution in [0.5, 0.6) is 0 Å². The van der Waals surface area contributed by atoms with Crippen molar-refractivity contribution in [2.75, 3.05) is 27.4 Å². The van der Waals surface area contributed by atoms with E-state index in [4.69, 9.17) is 9.47 Å². The van der Waals surface area contributed by atoms with Crippen LogP contribution in [0.3, 0.4) is 0 Å². The topological polar surface area (TPSA) is 30.5 Å². The third kappa shape index (κ3) is 4.81. The quantitative estimate of drug-likeness (QED) is 0.790. The number of hydrogen-bond donors (Lipinski definition) is 1. The second-order valence-corrected chi connectivity index (χ2v) is 4.01. The maximum absolute atomic E-state index is 12.9. The average Bonchev–Trinajstić information content (AvgIpc) is 2.30. The molecule has 1 aromatic rings. The van der Waals surface area contributed by atoms with Gasteiger partial charge in [0.25, 0.3) is 0 Å². The summed E-state index contributed by atoms with van der Waals surface area (Å²) in [6.45, 7) is 3.88. The van der Waals surface area contributed by atoms with Gasteiger partial charge in [-0.3, -0.25) is 0 Å². The highest BCUT2D eigenvalue weighted by Gasteiger charge is 2.06. The van der Waals surface area contributed by atoms with Crippen LogP contribution in [0.15, 0.2) is 18.2 Å². The molecule has 0 aliphatic rings. The van der Waals surface area contributed by atoms with Gasteiger partial charge in [0, 0.05) is 27.3 Å². The maximum atomic E-state index is 12.9. The molecule has 0 aromatic heterocycles. The molecule has 0 bridgehead atoms. The van der Waals surface area contributed by atoms with Crippen LogP contribution in [0, 0.1) is 12.7 Å². The van der Waals surface area contributed by atoms with Gasteiger partial charge in [-0.15, -0.1) is 0 Å². The van der Waals surface area contributed by atoms with Crippen LogP contribution < -0.4 is 5.32 Å². The minimum Gasteiger partial charge on any atom is -0.382 e. The first kappa shape index (κ1) is 14.1. The summed E-state index contributed by atoms with van der Waals surface area (Å²) in [4.78, 5) is 0. The fourth-order valence-corrected chi connectivity index (χ4v) is 1.62. The van der Waals surface area contributed by atoms with Crippen LogP contribution in [0.25, 0.3) is 0 Å². The standard InChI is InChI=1S/C13H20FNO2/c1-10-6-12(14)5-4-11(10)7-15-8-13(17-3)9-16-2/h4-6,13,15H,7-9H2,1-3H3. The van der Waals surface area contributed by atoms with E-state index in [1.165, 1.54) is 6.07 Å². The lowest BCUT2D eigenvalue weighted by molar-refractivity contribution is 0.0288. The zero-order valence-corrected chi connectivity index (χ0v) is 10.6. The molecule has 3 nitrogen and oxygen atoms in total. The van der Waals surface area contributed by atoms with Crippen molar-refractivity contribution in [1.29, 1.82) is 0 Å². The zero-order valence-electron chi connectivity index (χ0n) is 10.6. The summed E-state index contributed by atoms with van der Waals surface area (Å²) in [5, 5.41) is 3.27. The molecular weight excluding hydrogens is 221 g/mol. The predicted octanol–water partition coefficient (Wildman–Crippen LogP) is 1.89. The first-order valence-electron chi connectivity index (χ1n) is 5.65. The number of halogens is 1. The van der Waals surface area contributed by atoms with Crippen molar-refractivity contribution in [3.05, 3.63) is 35.1 Å². The monoisotopic (exact) mass is 241 g/mol. The van der Waals surface area contributed by atoms with Gasteiger partial charge < -0.3 is 14.8 Å². The highest BCUT2D eigenvalue weighted by Crippen LogP contribution is 2.09. The van der Waals surface area contributed by atoms with Crippen LogP contribution in [0.4, 0.5) is 4.39 Å². The Hall–Kier alpha value is -0.970. The molecule has 0 fully saturated rings. The van der Waals surface area contributed by atoms with Crippen molar-refractivity contribution in [3.63, 3.8) is 0 Å². The summed E-state index contributed by atoms with van der Waals surface area (Å²) in [5.41, 5.74) is 2.05. The van der Waals surface area contributed by atoms with Gasteiger partial charge in [0.15, 0.2) is 0 Å². The number of methoxy groups -OCH3 is 2. The smallest absolute Gasteiger partial charge is 0.123 e. The van der Waals surface area contributed by atoms with E-state index < -0.39 is 0 Å². The lowest BCUT2D eigenvalue weighted by Crippen LogP contribution is -2.31. The number of aryl methyl sites for hydroxylation is 1. The maximum Gasteiger partial charge on any atom is 0.123 e. The molecule has 1 unspecified atom stereocenters. The average molecular weight is 241 g/mol.